The van der Waals surface area contributed by atoms with Gasteiger partial charge in [0.05, 0.1) is 6.61 Å². The van der Waals surface area contributed by atoms with Crippen molar-refractivity contribution in [1.82, 2.24) is 10.9 Å². The molecule has 0 unspecified atom stereocenters. The van der Waals surface area contributed by atoms with Gasteiger partial charge >= 0.3 is 0 Å². The van der Waals surface area contributed by atoms with Gasteiger partial charge in [-0.2, -0.15) is 0 Å². The first kappa shape index (κ1) is 17.6. The van der Waals surface area contributed by atoms with Gasteiger partial charge in [0.1, 0.15) is 5.75 Å². The summed E-state index contributed by atoms with van der Waals surface area (Å²) in [5.74, 6) is -0.201. The van der Waals surface area contributed by atoms with Gasteiger partial charge in [0, 0.05) is 16.7 Å². The second kappa shape index (κ2) is 8.74. The van der Waals surface area contributed by atoms with Gasteiger partial charge in [0.25, 0.3) is 11.8 Å². The fourth-order valence-corrected chi connectivity index (χ4v) is 2.08. The van der Waals surface area contributed by atoms with E-state index in [1.54, 1.807) is 48.5 Å². The van der Waals surface area contributed by atoms with Gasteiger partial charge in [-0.25, -0.2) is 0 Å². The van der Waals surface area contributed by atoms with E-state index in [0.29, 0.717) is 28.5 Å². The highest BCUT2D eigenvalue weighted by Gasteiger charge is 2.06. The SMILES string of the molecule is CCOc1ccc(C(=O)NNC(=O)/C=C/c2ccccc2Cl)cc1. The molecular formula is C18H17ClN2O3. The molecule has 0 aliphatic rings. The Balaban J connectivity index is 1.87. The highest BCUT2D eigenvalue weighted by molar-refractivity contribution is 6.32. The van der Waals surface area contributed by atoms with E-state index >= 15 is 0 Å². The van der Waals surface area contributed by atoms with Gasteiger partial charge in [-0.1, -0.05) is 29.8 Å². The first-order chi connectivity index (χ1) is 11.6. The van der Waals surface area contributed by atoms with Crippen LogP contribution in [0.3, 0.4) is 0 Å². The zero-order valence-corrected chi connectivity index (χ0v) is 13.8. The lowest BCUT2D eigenvalue weighted by atomic mass is 10.2. The average molecular weight is 345 g/mol. The lowest BCUT2D eigenvalue weighted by Crippen LogP contribution is -2.40. The van der Waals surface area contributed by atoms with E-state index in [1.807, 2.05) is 13.0 Å². The van der Waals surface area contributed by atoms with Gasteiger partial charge < -0.3 is 4.74 Å². The molecule has 0 aliphatic heterocycles. The Morgan fingerprint density at radius 3 is 2.46 bits per heavy atom. The maximum atomic E-state index is 11.9. The molecule has 6 heteroatoms. The van der Waals surface area contributed by atoms with E-state index in [0.717, 1.165) is 0 Å². The third-order valence-corrected chi connectivity index (χ3v) is 3.39. The molecule has 0 aliphatic carbocycles. The van der Waals surface area contributed by atoms with Crippen LogP contribution in [0.4, 0.5) is 0 Å². The summed E-state index contributed by atoms with van der Waals surface area (Å²) in [6.45, 7) is 2.44. The van der Waals surface area contributed by atoms with Gasteiger partial charge in [0.2, 0.25) is 0 Å². The third-order valence-electron chi connectivity index (χ3n) is 3.05. The lowest BCUT2D eigenvalue weighted by Gasteiger charge is -2.07. The Morgan fingerprint density at radius 2 is 1.79 bits per heavy atom. The summed E-state index contributed by atoms with van der Waals surface area (Å²) >= 11 is 5.99. The summed E-state index contributed by atoms with van der Waals surface area (Å²) in [6.07, 6.45) is 2.86. The molecule has 0 spiro atoms. The van der Waals surface area contributed by atoms with Crippen LogP contribution in [-0.2, 0) is 4.79 Å². The van der Waals surface area contributed by atoms with Crippen molar-refractivity contribution >= 4 is 29.5 Å². The molecule has 124 valence electrons. The van der Waals surface area contributed by atoms with Crippen LogP contribution < -0.4 is 15.6 Å². The lowest BCUT2D eigenvalue weighted by molar-refractivity contribution is -0.117. The minimum absolute atomic E-state index is 0.411. The van der Waals surface area contributed by atoms with Crippen LogP contribution in [0.1, 0.15) is 22.8 Å². The molecule has 2 aromatic carbocycles. The van der Waals surface area contributed by atoms with E-state index in [1.165, 1.54) is 6.08 Å². The number of hydrazine groups is 1. The summed E-state index contributed by atoms with van der Waals surface area (Å²) in [4.78, 5) is 23.7. The predicted octanol–water partition coefficient (Wildman–Crippen LogP) is 3.21. The zero-order valence-electron chi connectivity index (χ0n) is 13.1. The van der Waals surface area contributed by atoms with Crippen molar-refractivity contribution in [3.8, 4) is 5.75 Å². The van der Waals surface area contributed by atoms with E-state index in [-0.39, 0.29) is 0 Å². The minimum Gasteiger partial charge on any atom is -0.494 e. The minimum atomic E-state index is -0.464. The number of hydrogen-bond acceptors (Lipinski definition) is 3. The third kappa shape index (κ3) is 5.14. The number of nitrogens with one attached hydrogen (secondary N) is 2. The monoisotopic (exact) mass is 344 g/mol. The van der Waals surface area contributed by atoms with Crippen molar-refractivity contribution < 1.29 is 14.3 Å². The van der Waals surface area contributed by atoms with Crippen LogP contribution in [-0.4, -0.2) is 18.4 Å². The van der Waals surface area contributed by atoms with Crippen LogP contribution in [0.15, 0.2) is 54.6 Å². The highest BCUT2D eigenvalue weighted by Crippen LogP contribution is 2.16. The van der Waals surface area contributed by atoms with Crippen LogP contribution in [0.5, 0.6) is 5.75 Å². The number of halogens is 1. The average Bonchev–Trinajstić information content (AvgIpc) is 2.60. The molecule has 2 amide bonds. The Kier molecular flexibility index (Phi) is 6.40. The van der Waals surface area contributed by atoms with Crippen LogP contribution in [0.25, 0.3) is 6.08 Å². The molecule has 0 fully saturated rings. The number of benzene rings is 2. The molecule has 0 saturated carbocycles. The summed E-state index contributed by atoms with van der Waals surface area (Å²) in [7, 11) is 0. The Morgan fingerprint density at radius 1 is 1.08 bits per heavy atom. The number of carbonyl (C=O) groups excluding carboxylic acids is 2. The molecule has 2 aromatic rings. The standard InChI is InChI=1S/C18H17ClN2O3/c1-2-24-15-10-7-14(8-11-15)18(23)21-20-17(22)12-9-13-5-3-4-6-16(13)19/h3-12H,2H2,1H3,(H,20,22)(H,21,23)/b12-9+. The summed E-state index contributed by atoms with van der Waals surface area (Å²) < 4.78 is 5.30. The molecule has 0 bridgehead atoms. The van der Waals surface area contributed by atoms with Gasteiger partial charge in [-0.3, -0.25) is 20.4 Å². The van der Waals surface area contributed by atoms with Gasteiger partial charge in [-0.05, 0) is 48.9 Å². The molecule has 0 aromatic heterocycles. The number of ether oxygens (including phenoxy) is 1. The van der Waals surface area contributed by atoms with E-state index in [2.05, 4.69) is 10.9 Å². The normalized spacial score (nSPS) is 10.4. The molecule has 5 nitrogen and oxygen atoms in total. The van der Waals surface area contributed by atoms with Crippen molar-refractivity contribution in [2.45, 2.75) is 6.92 Å². The second-order valence-electron chi connectivity index (χ2n) is 4.76. The van der Waals surface area contributed by atoms with Crippen molar-refractivity contribution in [3.63, 3.8) is 0 Å². The molecule has 0 heterocycles. The number of carbonyl (C=O) groups is 2. The number of rotatable bonds is 5. The van der Waals surface area contributed by atoms with Crippen molar-refractivity contribution in [2.24, 2.45) is 0 Å². The quantitative estimate of drug-likeness (QED) is 0.646. The maximum Gasteiger partial charge on any atom is 0.269 e. The molecule has 0 radical (unpaired) electrons. The first-order valence-corrected chi connectivity index (χ1v) is 7.73. The van der Waals surface area contributed by atoms with Crippen LogP contribution >= 0.6 is 11.6 Å². The summed E-state index contributed by atoms with van der Waals surface area (Å²) in [5, 5.41) is 0.542. The molecular weight excluding hydrogens is 328 g/mol. The van der Waals surface area contributed by atoms with Crippen LogP contribution in [0, 0.1) is 0 Å². The fourth-order valence-electron chi connectivity index (χ4n) is 1.88. The summed E-state index contributed by atoms with van der Waals surface area (Å²) in [5.41, 5.74) is 5.77. The van der Waals surface area contributed by atoms with E-state index < -0.39 is 11.8 Å². The molecule has 0 atom stereocenters. The van der Waals surface area contributed by atoms with Crippen molar-refractivity contribution in [2.75, 3.05) is 6.61 Å². The molecule has 24 heavy (non-hydrogen) atoms. The van der Waals surface area contributed by atoms with Crippen molar-refractivity contribution in [1.29, 1.82) is 0 Å². The maximum absolute atomic E-state index is 11.9. The predicted molar refractivity (Wildman–Crippen MR) is 93.7 cm³/mol. The highest BCUT2D eigenvalue weighted by atomic mass is 35.5. The molecule has 0 saturated heterocycles. The Labute approximate surface area is 145 Å². The van der Waals surface area contributed by atoms with E-state index in [9.17, 15) is 9.59 Å². The van der Waals surface area contributed by atoms with Crippen molar-refractivity contribution in [3.05, 3.63) is 70.8 Å². The largest absolute Gasteiger partial charge is 0.494 e. The Hall–Kier alpha value is -2.79. The smallest absolute Gasteiger partial charge is 0.269 e. The molecule has 2 rings (SSSR count). The number of hydrogen-bond donors (Lipinski definition) is 2. The second-order valence-corrected chi connectivity index (χ2v) is 5.16. The fraction of sp³-hybridized carbons (Fsp3) is 0.111. The topological polar surface area (TPSA) is 67.4 Å². The molecule has 2 N–H and O–H groups in total. The van der Waals surface area contributed by atoms with E-state index in [4.69, 9.17) is 16.3 Å². The first-order valence-electron chi connectivity index (χ1n) is 7.36. The number of amides is 2. The van der Waals surface area contributed by atoms with Gasteiger partial charge in [-0.15, -0.1) is 0 Å². The van der Waals surface area contributed by atoms with Crippen LogP contribution in [0.2, 0.25) is 5.02 Å². The Bertz CT molecular complexity index is 742. The summed E-state index contributed by atoms with van der Waals surface area (Å²) in [6, 6.07) is 13.7. The zero-order chi connectivity index (χ0) is 17.4. The van der Waals surface area contributed by atoms with Gasteiger partial charge in [0.15, 0.2) is 0 Å².